The van der Waals surface area contributed by atoms with Crippen molar-refractivity contribution in [3.8, 4) is 0 Å². The third kappa shape index (κ3) is 2.14. The summed E-state index contributed by atoms with van der Waals surface area (Å²) in [6.07, 6.45) is 4.80. The highest BCUT2D eigenvalue weighted by Crippen LogP contribution is 2.28. The number of hydrogen-bond acceptors (Lipinski definition) is 3. The van der Waals surface area contributed by atoms with E-state index in [0.29, 0.717) is 0 Å². The molecule has 3 N–H and O–H groups in total. The molecule has 3 nitrogen and oxygen atoms in total. The molecular weight excluding hydrogens is 172 g/mol. The fraction of sp³-hybridized carbons (Fsp3) is 0.875. The van der Waals surface area contributed by atoms with Gasteiger partial charge in [-0.2, -0.15) is 11.8 Å². The van der Waals surface area contributed by atoms with Crippen LogP contribution in [0.1, 0.15) is 19.3 Å². The predicted octanol–water partition coefficient (Wildman–Crippen LogP) is 0.347. The molecule has 0 unspecified atom stereocenters. The van der Waals surface area contributed by atoms with Gasteiger partial charge in [0.25, 0.3) is 0 Å². The Labute approximate surface area is 77.5 Å². The van der Waals surface area contributed by atoms with Crippen molar-refractivity contribution < 1.29 is 4.79 Å². The van der Waals surface area contributed by atoms with Crippen molar-refractivity contribution in [1.29, 1.82) is 0 Å². The van der Waals surface area contributed by atoms with Gasteiger partial charge >= 0.3 is 0 Å². The number of nitrogens with two attached hydrogens (primary N) is 1. The summed E-state index contributed by atoms with van der Waals surface area (Å²) in [5.41, 5.74) is 5.28. The second-order valence-corrected chi connectivity index (χ2v) is 4.24. The molecule has 1 amide bonds. The van der Waals surface area contributed by atoms with Crippen LogP contribution in [0.25, 0.3) is 0 Å². The minimum Gasteiger partial charge on any atom is -0.354 e. The molecule has 1 aliphatic rings. The maximum Gasteiger partial charge on any atom is 0.240 e. The highest BCUT2D eigenvalue weighted by molar-refractivity contribution is 7.98. The Balaban J connectivity index is 2.19. The zero-order chi connectivity index (χ0) is 9.03. The maximum atomic E-state index is 11.4. The summed E-state index contributed by atoms with van der Waals surface area (Å²) in [7, 11) is 0. The van der Waals surface area contributed by atoms with Crippen molar-refractivity contribution in [2.75, 3.05) is 18.6 Å². The molecule has 0 aromatic carbocycles. The van der Waals surface area contributed by atoms with E-state index in [1.807, 2.05) is 6.26 Å². The first-order chi connectivity index (χ1) is 5.69. The molecule has 0 spiro atoms. The second-order valence-electron chi connectivity index (χ2n) is 3.26. The molecule has 0 heterocycles. The molecule has 0 aliphatic heterocycles. The maximum absolute atomic E-state index is 11.4. The van der Waals surface area contributed by atoms with Crippen molar-refractivity contribution in [3.63, 3.8) is 0 Å². The Bertz CT molecular complexity index is 168. The van der Waals surface area contributed by atoms with Gasteiger partial charge in [-0.3, -0.25) is 4.79 Å². The largest absolute Gasteiger partial charge is 0.354 e. The fourth-order valence-electron chi connectivity index (χ4n) is 1.23. The van der Waals surface area contributed by atoms with Gasteiger partial charge in [0, 0.05) is 12.3 Å². The van der Waals surface area contributed by atoms with Crippen LogP contribution in [0.3, 0.4) is 0 Å². The smallest absolute Gasteiger partial charge is 0.240 e. The van der Waals surface area contributed by atoms with Gasteiger partial charge < -0.3 is 11.1 Å². The second kappa shape index (κ2) is 4.14. The van der Waals surface area contributed by atoms with Crippen LogP contribution in [0.4, 0.5) is 0 Å². The Morgan fingerprint density at radius 2 is 2.33 bits per heavy atom. The standard InChI is InChI=1S/C8H16N2OS/c1-12-6-5-10-7(11)8(9)3-2-4-8/h2-6,9H2,1H3,(H,10,11). The Morgan fingerprint density at radius 3 is 2.75 bits per heavy atom. The van der Waals surface area contributed by atoms with Crippen LogP contribution >= 0.6 is 11.8 Å². The van der Waals surface area contributed by atoms with Gasteiger partial charge in [0.05, 0.1) is 5.54 Å². The van der Waals surface area contributed by atoms with E-state index >= 15 is 0 Å². The minimum atomic E-state index is -0.529. The number of carbonyl (C=O) groups is 1. The molecule has 0 radical (unpaired) electrons. The van der Waals surface area contributed by atoms with Crippen LogP contribution in [0.2, 0.25) is 0 Å². The van der Waals surface area contributed by atoms with E-state index in [1.54, 1.807) is 11.8 Å². The SMILES string of the molecule is CSCCNC(=O)C1(N)CCC1. The van der Waals surface area contributed by atoms with Gasteiger partial charge in [0.1, 0.15) is 0 Å². The van der Waals surface area contributed by atoms with Crippen LogP contribution in [0.5, 0.6) is 0 Å². The van der Waals surface area contributed by atoms with E-state index in [0.717, 1.165) is 31.6 Å². The van der Waals surface area contributed by atoms with E-state index in [-0.39, 0.29) is 5.91 Å². The zero-order valence-corrected chi connectivity index (χ0v) is 8.25. The molecule has 0 atom stereocenters. The minimum absolute atomic E-state index is 0.0304. The number of hydrogen-bond donors (Lipinski definition) is 2. The van der Waals surface area contributed by atoms with E-state index in [9.17, 15) is 4.79 Å². The van der Waals surface area contributed by atoms with E-state index in [4.69, 9.17) is 5.73 Å². The lowest BCUT2D eigenvalue weighted by Crippen LogP contribution is -2.58. The Hall–Kier alpha value is -0.220. The Morgan fingerprint density at radius 1 is 1.67 bits per heavy atom. The molecular formula is C8H16N2OS. The molecule has 1 saturated carbocycles. The molecule has 1 aliphatic carbocycles. The number of rotatable bonds is 4. The molecule has 12 heavy (non-hydrogen) atoms. The first kappa shape index (κ1) is 9.86. The summed E-state index contributed by atoms with van der Waals surface area (Å²) in [5.74, 6) is 0.991. The summed E-state index contributed by atoms with van der Waals surface area (Å²) >= 11 is 1.72. The molecule has 0 saturated heterocycles. The van der Waals surface area contributed by atoms with Crippen LogP contribution in [0.15, 0.2) is 0 Å². The molecule has 0 aromatic rings. The highest BCUT2D eigenvalue weighted by Gasteiger charge is 2.39. The quantitative estimate of drug-likeness (QED) is 0.626. The number of amides is 1. The third-order valence-electron chi connectivity index (χ3n) is 2.29. The fourth-order valence-corrected chi connectivity index (χ4v) is 1.53. The lowest BCUT2D eigenvalue weighted by molar-refractivity contribution is -0.129. The van der Waals surface area contributed by atoms with Crippen molar-refractivity contribution in [1.82, 2.24) is 5.32 Å². The predicted molar refractivity (Wildman–Crippen MR) is 52.2 cm³/mol. The van der Waals surface area contributed by atoms with Gasteiger partial charge in [-0.1, -0.05) is 0 Å². The van der Waals surface area contributed by atoms with Crippen LogP contribution < -0.4 is 11.1 Å². The van der Waals surface area contributed by atoms with Crippen molar-refractivity contribution in [2.45, 2.75) is 24.8 Å². The first-order valence-electron chi connectivity index (χ1n) is 4.25. The third-order valence-corrected chi connectivity index (χ3v) is 2.90. The van der Waals surface area contributed by atoms with Crippen LogP contribution in [-0.2, 0) is 4.79 Å². The number of carbonyl (C=O) groups excluding carboxylic acids is 1. The van der Waals surface area contributed by atoms with Gasteiger partial charge in [0.2, 0.25) is 5.91 Å². The van der Waals surface area contributed by atoms with Gasteiger partial charge in [-0.05, 0) is 25.5 Å². The molecule has 0 bridgehead atoms. The van der Waals surface area contributed by atoms with E-state index in [1.165, 1.54) is 0 Å². The summed E-state index contributed by atoms with van der Waals surface area (Å²) in [6.45, 7) is 0.735. The monoisotopic (exact) mass is 188 g/mol. The molecule has 4 heteroatoms. The summed E-state index contributed by atoms with van der Waals surface area (Å²) in [4.78, 5) is 11.4. The summed E-state index contributed by atoms with van der Waals surface area (Å²) < 4.78 is 0. The normalized spacial score (nSPS) is 19.8. The van der Waals surface area contributed by atoms with Crippen molar-refractivity contribution >= 4 is 17.7 Å². The summed E-state index contributed by atoms with van der Waals surface area (Å²) in [5, 5.41) is 2.84. The number of nitrogens with one attached hydrogen (secondary N) is 1. The van der Waals surface area contributed by atoms with Gasteiger partial charge in [0.15, 0.2) is 0 Å². The van der Waals surface area contributed by atoms with E-state index < -0.39 is 5.54 Å². The topological polar surface area (TPSA) is 55.1 Å². The lowest BCUT2D eigenvalue weighted by atomic mass is 9.77. The zero-order valence-electron chi connectivity index (χ0n) is 7.43. The summed E-state index contributed by atoms with van der Waals surface area (Å²) in [6, 6.07) is 0. The molecule has 70 valence electrons. The van der Waals surface area contributed by atoms with E-state index in [2.05, 4.69) is 5.32 Å². The van der Waals surface area contributed by atoms with Crippen molar-refractivity contribution in [2.24, 2.45) is 5.73 Å². The average molecular weight is 188 g/mol. The average Bonchev–Trinajstić information content (AvgIpc) is 2.00. The highest BCUT2D eigenvalue weighted by atomic mass is 32.2. The number of thioether (sulfide) groups is 1. The van der Waals surface area contributed by atoms with Crippen LogP contribution in [-0.4, -0.2) is 30.0 Å². The Kier molecular flexibility index (Phi) is 3.40. The lowest BCUT2D eigenvalue weighted by Gasteiger charge is -2.36. The van der Waals surface area contributed by atoms with Crippen LogP contribution in [0, 0.1) is 0 Å². The van der Waals surface area contributed by atoms with Gasteiger partial charge in [-0.15, -0.1) is 0 Å². The molecule has 1 fully saturated rings. The first-order valence-corrected chi connectivity index (χ1v) is 5.64. The molecule has 0 aromatic heterocycles. The van der Waals surface area contributed by atoms with Crippen molar-refractivity contribution in [3.05, 3.63) is 0 Å². The van der Waals surface area contributed by atoms with Gasteiger partial charge in [-0.25, -0.2) is 0 Å². The molecule has 1 rings (SSSR count).